The third kappa shape index (κ3) is 4.11. The van der Waals surface area contributed by atoms with Crippen LogP contribution >= 0.6 is 22.9 Å². The van der Waals surface area contributed by atoms with Gasteiger partial charge in [-0.1, -0.05) is 67.9 Å². The molecule has 0 aliphatic carbocycles. The minimum atomic E-state index is -3.70. The Morgan fingerprint density at radius 2 is 1.69 bits per heavy atom. The van der Waals surface area contributed by atoms with Gasteiger partial charge in [0.15, 0.2) is 0 Å². The summed E-state index contributed by atoms with van der Waals surface area (Å²) >= 11 is 7.45. The highest BCUT2D eigenvalue weighted by atomic mass is 35.5. The molecule has 32 heavy (non-hydrogen) atoms. The van der Waals surface area contributed by atoms with Crippen molar-refractivity contribution in [1.82, 2.24) is 13.9 Å². The molecule has 0 bridgehead atoms. The van der Waals surface area contributed by atoms with Gasteiger partial charge >= 0.3 is 0 Å². The van der Waals surface area contributed by atoms with Crippen molar-refractivity contribution in [2.75, 3.05) is 13.1 Å². The first-order valence-corrected chi connectivity index (χ1v) is 12.8. The average Bonchev–Trinajstić information content (AvgIpc) is 3.22. The molecule has 0 atom stereocenters. The molecule has 4 aromatic rings. The van der Waals surface area contributed by atoms with Crippen LogP contribution in [-0.2, 0) is 16.4 Å². The maximum Gasteiger partial charge on any atom is 0.266 e. The number of rotatable bonds is 7. The Bertz CT molecular complexity index is 1430. The van der Waals surface area contributed by atoms with Crippen LogP contribution in [0.15, 0.2) is 69.7 Å². The van der Waals surface area contributed by atoms with Crippen molar-refractivity contribution >= 4 is 43.2 Å². The number of para-hydroxylation sites is 1. The first kappa shape index (κ1) is 22.7. The van der Waals surface area contributed by atoms with E-state index in [1.165, 1.54) is 14.9 Å². The van der Waals surface area contributed by atoms with Crippen LogP contribution in [0, 0.1) is 0 Å². The van der Waals surface area contributed by atoms with Crippen molar-refractivity contribution in [3.8, 4) is 5.69 Å². The summed E-state index contributed by atoms with van der Waals surface area (Å²) in [5.41, 5.74) is 1.15. The number of thiophene rings is 1. The van der Waals surface area contributed by atoms with Gasteiger partial charge in [-0.15, -0.1) is 11.3 Å². The average molecular weight is 488 g/mol. The van der Waals surface area contributed by atoms with Crippen LogP contribution in [0.5, 0.6) is 0 Å². The van der Waals surface area contributed by atoms with Crippen molar-refractivity contribution in [3.05, 3.63) is 87.4 Å². The van der Waals surface area contributed by atoms with E-state index in [0.717, 1.165) is 16.9 Å². The smallest absolute Gasteiger partial charge is 0.266 e. The van der Waals surface area contributed by atoms with Crippen LogP contribution in [0.1, 0.15) is 25.2 Å². The molecule has 2 aromatic carbocycles. The van der Waals surface area contributed by atoms with Crippen LogP contribution in [-0.4, -0.2) is 35.4 Å². The number of hydrogen-bond donors (Lipinski definition) is 0. The number of halogens is 1. The standard InChI is InChI=1S/C23H22ClN3O3S2/c1-3-26(4-2)32(29,30)21-15-17-22(31-21)25-20(14-16-10-6-5-7-11-16)27(23(17)28)19-13-9-8-12-18(19)24/h5-13,15H,3-4,14H2,1-2H3. The molecular weight excluding hydrogens is 466 g/mol. The van der Waals surface area contributed by atoms with Crippen molar-refractivity contribution < 1.29 is 8.42 Å². The van der Waals surface area contributed by atoms with Gasteiger partial charge in [-0.3, -0.25) is 9.36 Å². The Balaban J connectivity index is 1.98. The van der Waals surface area contributed by atoms with Gasteiger partial charge in [-0.2, -0.15) is 4.31 Å². The lowest BCUT2D eigenvalue weighted by Crippen LogP contribution is -2.30. The van der Waals surface area contributed by atoms with Gasteiger partial charge < -0.3 is 0 Å². The summed E-state index contributed by atoms with van der Waals surface area (Å²) in [5, 5.41) is 0.675. The van der Waals surface area contributed by atoms with Crippen molar-refractivity contribution in [2.45, 2.75) is 24.5 Å². The second kappa shape index (κ2) is 9.15. The second-order valence-electron chi connectivity index (χ2n) is 7.16. The van der Waals surface area contributed by atoms with Gasteiger partial charge in [-0.25, -0.2) is 13.4 Å². The van der Waals surface area contributed by atoms with E-state index >= 15 is 0 Å². The summed E-state index contributed by atoms with van der Waals surface area (Å²) in [6, 6.07) is 18.2. The van der Waals surface area contributed by atoms with E-state index in [9.17, 15) is 13.2 Å². The number of benzene rings is 2. The Morgan fingerprint density at radius 3 is 2.34 bits per heavy atom. The molecule has 4 rings (SSSR count). The van der Waals surface area contributed by atoms with Crippen molar-refractivity contribution in [1.29, 1.82) is 0 Å². The molecule has 2 heterocycles. The lowest BCUT2D eigenvalue weighted by Gasteiger charge is -2.16. The molecule has 9 heteroatoms. The molecular formula is C23H22ClN3O3S2. The van der Waals surface area contributed by atoms with E-state index in [1.54, 1.807) is 38.1 Å². The molecule has 166 valence electrons. The van der Waals surface area contributed by atoms with Gasteiger partial charge in [0.25, 0.3) is 15.6 Å². The first-order chi connectivity index (χ1) is 15.4. The quantitative estimate of drug-likeness (QED) is 0.378. The fraction of sp³-hybridized carbons (Fsp3) is 0.217. The zero-order valence-corrected chi connectivity index (χ0v) is 20.0. The second-order valence-corrected chi connectivity index (χ2v) is 10.8. The van der Waals surface area contributed by atoms with Gasteiger partial charge in [0, 0.05) is 19.5 Å². The highest BCUT2D eigenvalue weighted by molar-refractivity contribution is 7.91. The molecule has 2 aromatic heterocycles. The van der Waals surface area contributed by atoms with E-state index in [4.69, 9.17) is 16.6 Å². The largest absolute Gasteiger partial charge is 0.268 e. The van der Waals surface area contributed by atoms with Crippen LogP contribution in [0.25, 0.3) is 15.9 Å². The molecule has 0 saturated heterocycles. The maximum atomic E-state index is 13.6. The lowest BCUT2D eigenvalue weighted by molar-refractivity contribution is 0.447. The summed E-state index contributed by atoms with van der Waals surface area (Å²) in [6.45, 7) is 4.27. The Labute approximate surface area is 195 Å². The van der Waals surface area contributed by atoms with Crippen molar-refractivity contribution in [3.63, 3.8) is 0 Å². The van der Waals surface area contributed by atoms with E-state index < -0.39 is 10.0 Å². The third-order valence-electron chi connectivity index (χ3n) is 5.21. The fourth-order valence-electron chi connectivity index (χ4n) is 3.60. The van der Waals surface area contributed by atoms with Crippen molar-refractivity contribution in [2.24, 2.45) is 0 Å². The fourth-order valence-corrected chi connectivity index (χ4v) is 6.77. The van der Waals surface area contributed by atoms with Crippen LogP contribution in [0.4, 0.5) is 0 Å². The molecule has 0 unspecified atom stereocenters. The minimum Gasteiger partial charge on any atom is -0.268 e. The predicted molar refractivity (Wildman–Crippen MR) is 130 cm³/mol. The Kier molecular flexibility index (Phi) is 6.48. The molecule has 0 saturated carbocycles. The Hall–Kier alpha value is -2.52. The normalized spacial score (nSPS) is 12.0. The molecule has 0 spiro atoms. The zero-order valence-electron chi connectivity index (χ0n) is 17.7. The SMILES string of the molecule is CCN(CC)S(=O)(=O)c1cc2c(=O)n(-c3ccccc3Cl)c(Cc3ccccc3)nc2s1. The van der Waals surface area contributed by atoms with Gasteiger partial charge in [-0.05, 0) is 23.8 Å². The number of sulfonamides is 1. The molecule has 0 radical (unpaired) electrons. The number of nitrogens with zero attached hydrogens (tertiary/aromatic N) is 3. The molecule has 0 fully saturated rings. The molecule has 0 N–H and O–H groups in total. The molecule has 6 nitrogen and oxygen atoms in total. The highest BCUT2D eigenvalue weighted by Crippen LogP contribution is 2.30. The molecule has 0 aliphatic rings. The Morgan fingerprint density at radius 1 is 1.03 bits per heavy atom. The minimum absolute atomic E-state index is 0.114. The van der Waals surface area contributed by atoms with Crippen LogP contribution in [0.3, 0.4) is 0 Å². The topological polar surface area (TPSA) is 72.3 Å². The number of hydrogen-bond acceptors (Lipinski definition) is 5. The summed E-state index contributed by atoms with van der Waals surface area (Å²) in [5.74, 6) is 0.496. The highest BCUT2D eigenvalue weighted by Gasteiger charge is 2.26. The third-order valence-corrected chi connectivity index (χ3v) is 9.06. The van der Waals surface area contributed by atoms with E-state index in [1.807, 2.05) is 30.3 Å². The van der Waals surface area contributed by atoms with Crippen LogP contribution < -0.4 is 5.56 Å². The first-order valence-electron chi connectivity index (χ1n) is 10.2. The summed E-state index contributed by atoms with van der Waals surface area (Å²) in [6.07, 6.45) is 0.396. The van der Waals surface area contributed by atoms with Gasteiger partial charge in [0.2, 0.25) is 0 Å². The van der Waals surface area contributed by atoms with Gasteiger partial charge in [0.1, 0.15) is 14.9 Å². The van der Waals surface area contributed by atoms with E-state index in [0.29, 0.717) is 40.9 Å². The zero-order chi connectivity index (χ0) is 22.9. The number of fused-ring (bicyclic) bond motifs is 1. The summed E-state index contributed by atoms with van der Waals surface area (Å²) in [7, 11) is -3.70. The number of aromatic nitrogens is 2. The summed E-state index contributed by atoms with van der Waals surface area (Å²) in [4.78, 5) is 18.7. The molecule has 0 amide bonds. The van der Waals surface area contributed by atoms with Gasteiger partial charge in [0.05, 0.1) is 16.1 Å². The lowest BCUT2D eigenvalue weighted by atomic mass is 10.1. The summed E-state index contributed by atoms with van der Waals surface area (Å²) < 4.78 is 29.0. The predicted octanol–water partition coefficient (Wildman–Crippen LogP) is 4.72. The monoisotopic (exact) mass is 487 g/mol. The van der Waals surface area contributed by atoms with E-state index in [2.05, 4.69) is 0 Å². The molecule has 0 aliphatic heterocycles. The van der Waals surface area contributed by atoms with E-state index in [-0.39, 0.29) is 15.2 Å². The van der Waals surface area contributed by atoms with Crippen LogP contribution in [0.2, 0.25) is 5.02 Å². The maximum absolute atomic E-state index is 13.6.